The van der Waals surface area contributed by atoms with Crippen molar-refractivity contribution in [3.63, 3.8) is 0 Å². The Hall–Kier alpha value is -2.45. The van der Waals surface area contributed by atoms with Gasteiger partial charge in [0.2, 0.25) is 10.0 Å². The maximum absolute atomic E-state index is 12.4. The zero-order valence-electron chi connectivity index (χ0n) is 13.7. The molecule has 0 unspecified atom stereocenters. The number of nitrogens with one attached hydrogen (secondary N) is 2. The molecule has 7 nitrogen and oxygen atoms in total. The van der Waals surface area contributed by atoms with E-state index in [9.17, 15) is 18.5 Å². The Bertz CT molecular complexity index is 908. The summed E-state index contributed by atoms with van der Waals surface area (Å²) < 4.78 is 27.3. The predicted octanol–water partition coefficient (Wildman–Crippen LogP) is 2.96. The van der Waals surface area contributed by atoms with Crippen LogP contribution in [0.1, 0.15) is 24.0 Å². The van der Waals surface area contributed by atoms with Crippen LogP contribution in [-0.4, -0.2) is 19.4 Å². The van der Waals surface area contributed by atoms with Crippen molar-refractivity contribution in [2.75, 3.05) is 5.32 Å². The lowest BCUT2D eigenvalue weighted by Gasteiger charge is -2.11. The van der Waals surface area contributed by atoms with Crippen molar-refractivity contribution in [3.05, 3.63) is 63.7 Å². The molecule has 8 heteroatoms. The number of hydrogen-bond donors (Lipinski definition) is 2. The number of sulfonamides is 1. The highest BCUT2D eigenvalue weighted by molar-refractivity contribution is 7.89. The molecule has 0 heterocycles. The van der Waals surface area contributed by atoms with Gasteiger partial charge in [-0.3, -0.25) is 10.1 Å². The molecule has 0 aliphatic heterocycles. The zero-order chi connectivity index (χ0) is 18.0. The molecule has 1 saturated carbocycles. The Morgan fingerprint density at radius 2 is 1.92 bits per heavy atom. The molecule has 2 aromatic carbocycles. The molecule has 1 aliphatic rings. The number of para-hydroxylation sites is 1. The molecule has 1 fully saturated rings. The number of rotatable bonds is 7. The molecule has 2 N–H and O–H groups in total. The smallest absolute Gasteiger partial charge is 0.289 e. The lowest BCUT2D eigenvalue weighted by atomic mass is 10.1. The van der Waals surface area contributed by atoms with E-state index in [1.54, 1.807) is 0 Å². The topological polar surface area (TPSA) is 101 Å². The minimum absolute atomic E-state index is 0.0684. The summed E-state index contributed by atoms with van der Waals surface area (Å²) in [4.78, 5) is 10.00. The standard InChI is InChI=1S/C17H19N3O4S/c1-12-10-13(6-9-15(12)19-14-7-8-14)11-18-25(23,24)17-5-3-2-4-16(17)20(21)22/h2-6,9-10,14,18-19H,7-8,11H2,1H3. The molecule has 3 rings (SSSR count). The number of nitro groups is 1. The van der Waals surface area contributed by atoms with Crippen molar-refractivity contribution in [1.29, 1.82) is 0 Å². The first-order chi connectivity index (χ1) is 11.9. The molecule has 0 saturated heterocycles. The maximum atomic E-state index is 12.4. The number of nitrogens with zero attached hydrogens (tertiary/aromatic N) is 1. The lowest BCUT2D eigenvalue weighted by Crippen LogP contribution is -2.24. The van der Waals surface area contributed by atoms with E-state index >= 15 is 0 Å². The number of benzene rings is 2. The number of anilines is 1. The van der Waals surface area contributed by atoms with Crippen LogP contribution in [0.2, 0.25) is 0 Å². The summed E-state index contributed by atoms with van der Waals surface area (Å²) in [5, 5.41) is 14.4. The van der Waals surface area contributed by atoms with E-state index in [1.807, 2.05) is 25.1 Å². The molecule has 0 amide bonds. The fraction of sp³-hybridized carbons (Fsp3) is 0.294. The van der Waals surface area contributed by atoms with Gasteiger partial charge in [-0.1, -0.05) is 24.3 Å². The second-order valence-electron chi connectivity index (χ2n) is 6.12. The van der Waals surface area contributed by atoms with Gasteiger partial charge in [-0.2, -0.15) is 0 Å². The molecule has 2 aromatic rings. The van der Waals surface area contributed by atoms with Gasteiger partial charge in [0.1, 0.15) is 0 Å². The van der Waals surface area contributed by atoms with E-state index < -0.39 is 20.6 Å². The van der Waals surface area contributed by atoms with Gasteiger partial charge in [-0.05, 0) is 43.0 Å². The third-order valence-electron chi connectivity index (χ3n) is 4.05. The Morgan fingerprint density at radius 1 is 1.20 bits per heavy atom. The second-order valence-corrected chi connectivity index (χ2v) is 7.85. The summed E-state index contributed by atoms with van der Waals surface area (Å²) in [5.41, 5.74) is 2.44. The molecular formula is C17H19N3O4S. The quantitative estimate of drug-likeness (QED) is 0.583. The van der Waals surface area contributed by atoms with E-state index in [0.29, 0.717) is 6.04 Å². The monoisotopic (exact) mass is 361 g/mol. The highest BCUT2D eigenvalue weighted by Crippen LogP contribution is 2.27. The molecular weight excluding hydrogens is 342 g/mol. The van der Waals surface area contributed by atoms with Crippen molar-refractivity contribution >= 4 is 21.4 Å². The van der Waals surface area contributed by atoms with Gasteiger partial charge in [0.25, 0.3) is 5.69 Å². The molecule has 0 radical (unpaired) electrons. The SMILES string of the molecule is Cc1cc(CNS(=O)(=O)c2ccccc2[N+](=O)[O-])ccc1NC1CC1. The number of nitro benzene ring substituents is 1. The highest BCUT2D eigenvalue weighted by Gasteiger charge is 2.25. The largest absolute Gasteiger partial charge is 0.382 e. The average molecular weight is 361 g/mol. The summed E-state index contributed by atoms with van der Waals surface area (Å²) >= 11 is 0. The molecule has 0 aromatic heterocycles. The molecule has 1 aliphatic carbocycles. The second kappa shape index (κ2) is 6.81. The Balaban J connectivity index is 1.74. The zero-order valence-corrected chi connectivity index (χ0v) is 14.5. The summed E-state index contributed by atoms with van der Waals surface area (Å²) in [6.07, 6.45) is 2.35. The van der Waals surface area contributed by atoms with Crippen LogP contribution in [0.15, 0.2) is 47.4 Å². The average Bonchev–Trinajstić information content (AvgIpc) is 3.39. The van der Waals surface area contributed by atoms with Crippen LogP contribution in [0.3, 0.4) is 0 Å². The molecule has 0 spiro atoms. The van der Waals surface area contributed by atoms with Crippen molar-refractivity contribution in [2.45, 2.75) is 37.2 Å². The minimum Gasteiger partial charge on any atom is -0.382 e. The van der Waals surface area contributed by atoms with Crippen molar-refractivity contribution in [1.82, 2.24) is 4.72 Å². The first kappa shape index (κ1) is 17.4. The molecule has 25 heavy (non-hydrogen) atoms. The molecule has 0 bridgehead atoms. The number of hydrogen-bond acceptors (Lipinski definition) is 5. The fourth-order valence-electron chi connectivity index (χ4n) is 2.54. The summed E-state index contributed by atoms with van der Waals surface area (Å²) in [6.45, 7) is 2.03. The third kappa shape index (κ3) is 4.15. The van der Waals surface area contributed by atoms with Crippen LogP contribution in [-0.2, 0) is 16.6 Å². The molecule has 132 valence electrons. The third-order valence-corrected chi connectivity index (χ3v) is 5.49. The van der Waals surface area contributed by atoms with E-state index in [-0.39, 0.29) is 11.4 Å². The summed E-state index contributed by atoms with van der Waals surface area (Å²) in [7, 11) is -3.97. The predicted molar refractivity (Wildman–Crippen MR) is 94.9 cm³/mol. The minimum atomic E-state index is -3.97. The van der Waals surface area contributed by atoms with Gasteiger partial charge in [-0.25, -0.2) is 13.1 Å². The lowest BCUT2D eigenvalue weighted by molar-refractivity contribution is -0.387. The van der Waals surface area contributed by atoms with Crippen LogP contribution in [0, 0.1) is 17.0 Å². The van der Waals surface area contributed by atoms with E-state index in [4.69, 9.17) is 0 Å². The van der Waals surface area contributed by atoms with Crippen LogP contribution in [0.5, 0.6) is 0 Å². The van der Waals surface area contributed by atoms with Crippen LogP contribution >= 0.6 is 0 Å². The first-order valence-corrected chi connectivity index (χ1v) is 9.44. The molecule has 0 atom stereocenters. The fourth-order valence-corrected chi connectivity index (χ4v) is 3.72. The normalized spacial score (nSPS) is 14.3. The summed E-state index contributed by atoms with van der Waals surface area (Å²) in [5.74, 6) is 0. The van der Waals surface area contributed by atoms with E-state index in [0.717, 1.165) is 16.8 Å². The van der Waals surface area contributed by atoms with Gasteiger partial charge >= 0.3 is 0 Å². The number of aryl methyl sites for hydroxylation is 1. The Kier molecular flexibility index (Phi) is 4.73. The van der Waals surface area contributed by atoms with Crippen molar-refractivity contribution < 1.29 is 13.3 Å². The summed E-state index contributed by atoms with van der Waals surface area (Å²) in [6, 6.07) is 11.5. The van der Waals surface area contributed by atoms with Gasteiger partial charge in [0.15, 0.2) is 4.90 Å². The first-order valence-electron chi connectivity index (χ1n) is 7.96. The van der Waals surface area contributed by atoms with Crippen molar-refractivity contribution in [3.8, 4) is 0 Å². The van der Waals surface area contributed by atoms with Gasteiger partial charge in [-0.15, -0.1) is 0 Å². The Labute approximate surface area is 146 Å². The van der Waals surface area contributed by atoms with E-state index in [2.05, 4.69) is 10.0 Å². The van der Waals surface area contributed by atoms with Gasteiger partial charge in [0, 0.05) is 24.3 Å². The van der Waals surface area contributed by atoms with E-state index in [1.165, 1.54) is 37.1 Å². The van der Waals surface area contributed by atoms with Gasteiger partial charge in [0.05, 0.1) is 4.92 Å². The highest BCUT2D eigenvalue weighted by atomic mass is 32.2. The maximum Gasteiger partial charge on any atom is 0.289 e. The Morgan fingerprint density at radius 3 is 2.56 bits per heavy atom. The van der Waals surface area contributed by atoms with Crippen LogP contribution < -0.4 is 10.0 Å². The van der Waals surface area contributed by atoms with Crippen LogP contribution in [0.4, 0.5) is 11.4 Å². The van der Waals surface area contributed by atoms with Gasteiger partial charge < -0.3 is 5.32 Å². The van der Waals surface area contributed by atoms with Crippen molar-refractivity contribution in [2.24, 2.45) is 0 Å². The van der Waals surface area contributed by atoms with Crippen LogP contribution in [0.25, 0.3) is 0 Å².